The highest BCUT2D eigenvalue weighted by Gasteiger charge is 2.53. The Balaban J connectivity index is 2.09. The summed E-state index contributed by atoms with van der Waals surface area (Å²) in [5.41, 5.74) is -2.43. The molecule has 0 unspecified atom stereocenters. The molecule has 1 aliphatic rings. The average Bonchev–Trinajstić information content (AvgIpc) is 2.93. The van der Waals surface area contributed by atoms with Crippen LogP contribution in [-0.2, 0) is 35.8 Å². The molecule has 3 rings (SSSR count). The molecule has 16 heteroatoms. The summed E-state index contributed by atoms with van der Waals surface area (Å²) in [7, 11) is -1.02. The Morgan fingerprint density at radius 2 is 1.70 bits per heavy atom. The molecule has 0 saturated carbocycles. The van der Waals surface area contributed by atoms with Crippen molar-refractivity contribution in [1.82, 2.24) is 9.21 Å². The Morgan fingerprint density at radius 1 is 1.14 bits per heavy atom. The molecule has 0 bridgehead atoms. The van der Waals surface area contributed by atoms with Gasteiger partial charge in [-0.2, -0.15) is 0 Å². The van der Waals surface area contributed by atoms with E-state index in [0.717, 1.165) is 9.21 Å². The lowest BCUT2D eigenvalue weighted by molar-refractivity contribution is -0.384. The number of aliphatic hydroxyl groups excluding tert-OH is 1. The van der Waals surface area contributed by atoms with Gasteiger partial charge in [0.25, 0.3) is 5.69 Å². The van der Waals surface area contributed by atoms with Gasteiger partial charge in [-0.25, -0.2) is 17.5 Å². The molecule has 238 valence electrons. The van der Waals surface area contributed by atoms with Crippen LogP contribution in [0.15, 0.2) is 64.2 Å². The van der Waals surface area contributed by atoms with Crippen LogP contribution in [0.5, 0.6) is 5.75 Å². The molecule has 1 heterocycles. The van der Waals surface area contributed by atoms with Crippen molar-refractivity contribution in [1.29, 1.82) is 0 Å². The van der Waals surface area contributed by atoms with Gasteiger partial charge in [-0.1, -0.05) is 32.4 Å². The van der Waals surface area contributed by atoms with E-state index in [1.807, 2.05) is 0 Å². The van der Waals surface area contributed by atoms with Crippen molar-refractivity contribution >= 4 is 56.1 Å². The molecule has 1 fully saturated rings. The van der Waals surface area contributed by atoms with Crippen LogP contribution < -0.4 is 4.74 Å². The smallest absolute Gasteiger partial charge is 0.359 e. The van der Waals surface area contributed by atoms with Crippen molar-refractivity contribution in [2.45, 2.75) is 50.8 Å². The van der Waals surface area contributed by atoms with Gasteiger partial charge in [0.2, 0.25) is 21.0 Å². The molecule has 1 amide bonds. The molecular formula is C28H32ClN3O10S2. The van der Waals surface area contributed by atoms with Gasteiger partial charge in [-0.05, 0) is 60.6 Å². The summed E-state index contributed by atoms with van der Waals surface area (Å²) in [4.78, 5) is 51.1. The van der Waals surface area contributed by atoms with Crippen LogP contribution in [0, 0.1) is 21.4 Å². The second kappa shape index (κ2) is 13.6. The number of non-ortho nitro benzene ring substituents is 1. The molecule has 44 heavy (non-hydrogen) atoms. The Morgan fingerprint density at radius 3 is 2.16 bits per heavy atom. The van der Waals surface area contributed by atoms with Crippen molar-refractivity contribution in [3.63, 3.8) is 0 Å². The first-order chi connectivity index (χ1) is 20.4. The highest BCUT2D eigenvalue weighted by Crippen LogP contribution is 2.41. The summed E-state index contributed by atoms with van der Waals surface area (Å²) in [5, 5.41) is 20.2. The number of likely N-dealkylation sites (tertiary alicyclic amines) is 1. The fourth-order valence-electron chi connectivity index (χ4n) is 3.71. The van der Waals surface area contributed by atoms with Gasteiger partial charge in [0.15, 0.2) is 10.8 Å². The van der Waals surface area contributed by atoms with Crippen LogP contribution in [0.1, 0.15) is 33.3 Å². The monoisotopic (exact) mass is 669 g/mol. The molecule has 0 radical (unpaired) electrons. The van der Waals surface area contributed by atoms with Crippen LogP contribution in [0.2, 0.25) is 0 Å². The lowest BCUT2D eigenvalue weighted by Gasteiger charge is -2.45. The Labute approximate surface area is 263 Å². The second-order valence-electron chi connectivity index (χ2n) is 11.0. The zero-order chi connectivity index (χ0) is 33.1. The summed E-state index contributed by atoms with van der Waals surface area (Å²) < 4.78 is 37.4. The minimum Gasteiger partial charge on any atom is -0.456 e. The third-order valence-corrected chi connectivity index (χ3v) is 9.90. The van der Waals surface area contributed by atoms with Crippen molar-refractivity contribution in [3.8, 4) is 5.75 Å². The van der Waals surface area contributed by atoms with Crippen LogP contribution in [0.25, 0.3) is 0 Å². The Kier molecular flexibility index (Phi) is 10.9. The van der Waals surface area contributed by atoms with E-state index in [0.29, 0.717) is 17.3 Å². The van der Waals surface area contributed by atoms with E-state index in [4.69, 9.17) is 21.1 Å². The molecule has 1 N–H and O–H groups in total. The van der Waals surface area contributed by atoms with E-state index >= 15 is 0 Å². The van der Waals surface area contributed by atoms with Gasteiger partial charge in [0.05, 0.1) is 21.8 Å². The lowest BCUT2D eigenvalue weighted by Crippen LogP contribution is -2.62. The van der Waals surface area contributed by atoms with Crippen LogP contribution >= 0.6 is 23.4 Å². The maximum Gasteiger partial charge on any atom is 0.359 e. The van der Waals surface area contributed by atoms with Gasteiger partial charge in [0.1, 0.15) is 17.9 Å². The summed E-state index contributed by atoms with van der Waals surface area (Å²) in [6.07, 6.45) is -1.15. The first-order valence-corrected chi connectivity index (χ1v) is 15.8. The summed E-state index contributed by atoms with van der Waals surface area (Å²) >= 11 is 6.98. The number of ether oxygens (including phenoxy) is 2. The van der Waals surface area contributed by atoms with Crippen molar-refractivity contribution in [2.24, 2.45) is 11.3 Å². The molecule has 1 aliphatic heterocycles. The van der Waals surface area contributed by atoms with Crippen molar-refractivity contribution in [3.05, 3.63) is 75.0 Å². The molecule has 13 nitrogen and oxygen atoms in total. The van der Waals surface area contributed by atoms with Gasteiger partial charge in [-0.15, -0.1) is 0 Å². The second-order valence-corrected chi connectivity index (χ2v) is 14.5. The zero-order valence-corrected chi connectivity index (χ0v) is 27.1. The largest absolute Gasteiger partial charge is 0.456 e. The van der Waals surface area contributed by atoms with Crippen molar-refractivity contribution < 1.29 is 42.3 Å². The first kappa shape index (κ1) is 35.0. The minimum atomic E-state index is -3.77. The van der Waals surface area contributed by atoms with E-state index in [9.17, 15) is 38.0 Å². The Bertz CT molecular complexity index is 1570. The number of benzene rings is 2. The third-order valence-electron chi connectivity index (χ3n) is 6.34. The number of carbonyl (C=O) groups is 3. The van der Waals surface area contributed by atoms with E-state index in [1.54, 1.807) is 20.8 Å². The molecule has 0 spiro atoms. The SMILES string of the molecule is C[C@@H](O)[C@H]1C(=O)N(C(C(=O)OCc2ccc([N+](=O)[O-])cc2)=C(Oc2ccc(S(=O)(=O)N(C)C)cc2)SC(=O)C(C)(C)C)[C@H]1Cl. The number of β-lactam (4-membered cyclic amide) rings is 1. The molecule has 0 aliphatic carbocycles. The minimum absolute atomic E-state index is 0.0266. The number of esters is 1. The number of hydrogen-bond acceptors (Lipinski definition) is 11. The van der Waals surface area contributed by atoms with E-state index in [-0.39, 0.29) is 28.0 Å². The third kappa shape index (κ3) is 7.77. The molecule has 2 aromatic rings. The number of rotatable bonds is 11. The number of sulfonamides is 1. The van der Waals surface area contributed by atoms with Gasteiger partial charge >= 0.3 is 5.97 Å². The fourth-order valence-corrected chi connectivity index (χ4v) is 6.02. The van der Waals surface area contributed by atoms with Crippen molar-refractivity contribution in [2.75, 3.05) is 14.1 Å². The standard InChI is InChI=1S/C28H32ClN3O10S2/c1-16(33)21-23(29)31(24(21)34)22(25(35)41-15-17-7-9-18(10-8-17)32(37)38)26(43-27(36)28(2,3)4)42-19-11-13-20(14-12-19)44(39,40)30(5)6/h7-14,16,21,23,33H,15H2,1-6H3/t16-,21-,23-/m1/s1. The number of aliphatic hydroxyl groups is 1. The summed E-state index contributed by atoms with van der Waals surface area (Å²) in [6, 6.07) is 10.4. The molecular weight excluding hydrogens is 638 g/mol. The quantitative estimate of drug-likeness (QED) is 0.0538. The number of thioether (sulfide) groups is 1. The number of nitro benzene ring substituents is 1. The zero-order valence-electron chi connectivity index (χ0n) is 24.7. The maximum atomic E-state index is 13.6. The molecule has 3 atom stereocenters. The number of alkyl halides is 1. The average molecular weight is 670 g/mol. The predicted molar refractivity (Wildman–Crippen MR) is 162 cm³/mol. The fraction of sp³-hybridized carbons (Fsp3) is 0.393. The van der Waals surface area contributed by atoms with E-state index in [1.165, 1.54) is 69.6 Å². The molecule has 1 saturated heterocycles. The number of carbonyl (C=O) groups excluding carboxylic acids is 3. The highest BCUT2D eigenvalue weighted by molar-refractivity contribution is 8.16. The first-order valence-electron chi connectivity index (χ1n) is 13.1. The topological polar surface area (TPSA) is 174 Å². The number of amides is 1. The maximum absolute atomic E-state index is 13.6. The molecule has 0 aromatic heterocycles. The normalized spacial score (nSPS) is 18.3. The van der Waals surface area contributed by atoms with Gasteiger partial charge < -0.3 is 14.6 Å². The van der Waals surface area contributed by atoms with Gasteiger partial charge in [0, 0.05) is 31.6 Å². The summed E-state index contributed by atoms with van der Waals surface area (Å²) in [5.74, 6) is -2.87. The number of nitro groups is 1. The van der Waals surface area contributed by atoms with Crippen LogP contribution in [-0.4, -0.2) is 70.3 Å². The number of halogens is 1. The lowest BCUT2D eigenvalue weighted by atomic mass is 9.92. The van der Waals surface area contributed by atoms with E-state index in [2.05, 4.69) is 0 Å². The van der Waals surface area contributed by atoms with E-state index < -0.39 is 60.6 Å². The Hall–Kier alpha value is -3.50. The highest BCUT2D eigenvalue weighted by atomic mass is 35.5. The number of nitrogens with zero attached hydrogens (tertiary/aromatic N) is 3. The summed E-state index contributed by atoms with van der Waals surface area (Å²) in [6.45, 7) is 5.91. The molecule has 2 aromatic carbocycles. The van der Waals surface area contributed by atoms with Crippen LogP contribution in [0.3, 0.4) is 0 Å². The predicted octanol–water partition coefficient (Wildman–Crippen LogP) is 3.85. The van der Waals surface area contributed by atoms with Gasteiger partial charge in [-0.3, -0.25) is 24.6 Å². The van der Waals surface area contributed by atoms with Crippen LogP contribution in [0.4, 0.5) is 5.69 Å². The number of hydrogen-bond donors (Lipinski definition) is 1.